The zero-order chi connectivity index (χ0) is 15.3. The molecule has 0 saturated carbocycles. The molecule has 1 aromatic rings. The number of hydrogen-bond donors (Lipinski definition) is 2. The Morgan fingerprint density at radius 1 is 1.15 bits per heavy atom. The molecule has 0 spiro atoms. The van der Waals surface area contributed by atoms with E-state index in [0.717, 1.165) is 42.4 Å². The van der Waals surface area contributed by atoms with Crippen LogP contribution in [0.2, 0.25) is 0 Å². The molecular weight excluding hydrogens is 248 g/mol. The van der Waals surface area contributed by atoms with Crippen molar-refractivity contribution in [2.45, 2.75) is 54.4 Å². The number of rotatable bonds is 7. The molecule has 1 aromatic heterocycles. The van der Waals surface area contributed by atoms with Crippen molar-refractivity contribution in [3.05, 3.63) is 11.4 Å². The highest BCUT2D eigenvalue weighted by Crippen LogP contribution is 2.27. The molecule has 0 saturated heterocycles. The van der Waals surface area contributed by atoms with E-state index < -0.39 is 0 Å². The molecule has 0 aromatic carbocycles. The first kappa shape index (κ1) is 16.7. The summed E-state index contributed by atoms with van der Waals surface area (Å²) in [4.78, 5) is 9.23. The van der Waals surface area contributed by atoms with Crippen LogP contribution in [0.4, 0.5) is 11.6 Å². The van der Waals surface area contributed by atoms with Crippen molar-refractivity contribution in [3.63, 3.8) is 0 Å². The quantitative estimate of drug-likeness (QED) is 0.795. The molecule has 0 fully saturated rings. The lowest BCUT2D eigenvalue weighted by Crippen LogP contribution is -2.29. The summed E-state index contributed by atoms with van der Waals surface area (Å²) in [5, 5.41) is 6.68. The topological polar surface area (TPSA) is 49.8 Å². The largest absolute Gasteiger partial charge is 0.373 e. The Morgan fingerprint density at radius 2 is 1.75 bits per heavy atom. The van der Waals surface area contributed by atoms with Crippen molar-refractivity contribution in [2.75, 3.05) is 24.2 Å². The van der Waals surface area contributed by atoms with Gasteiger partial charge in [-0.05, 0) is 24.7 Å². The number of nitrogens with zero attached hydrogens (tertiary/aromatic N) is 2. The molecule has 0 aliphatic rings. The third kappa shape index (κ3) is 4.09. The summed E-state index contributed by atoms with van der Waals surface area (Å²) < 4.78 is 0. The Bertz CT molecular complexity index is 438. The Hall–Kier alpha value is -1.32. The second kappa shape index (κ2) is 6.91. The van der Waals surface area contributed by atoms with E-state index in [0.29, 0.717) is 5.92 Å². The van der Waals surface area contributed by atoms with Gasteiger partial charge in [-0.2, -0.15) is 0 Å². The summed E-state index contributed by atoms with van der Waals surface area (Å²) in [5.41, 5.74) is 1.33. The van der Waals surface area contributed by atoms with Crippen LogP contribution in [0.15, 0.2) is 0 Å². The second-order valence-electron chi connectivity index (χ2n) is 6.46. The van der Waals surface area contributed by atoms with Gasteiger partial charge in [0.2, 0.25) is 0 Å². The van der Waals surface area contributed by atoms with Crippen molar-refractivity contribution in [3.8, 4) is 0 Å². The summed E-state index contributed by atoms with van der Waals surface area (Å²) in [6, 6.07) is 0. The molecule has 114 valence electrons. The normalized spacial score (nSPS) is 11.8. The van der Waals surface area contributed by atoms with Crippen LogP contribution >= 0.6 is 0 Å². The minimum Gasteiger partial charge on any atom is -0.373 e. The fourth-order valence-corrected chi connectivity index (χ4v) is 1.83. The SMILES string of the molecule is CCCc1nc(NC)c(C)c(NCC(C)(C)C(C)C)n1. The maximum Gasteiger partial charge on any atom is 0.134 e. The molecule has 2 N–H and O–H groups in total. The average molecular weight is 278 g/mol. The van der Waals surface area contributed by atoms with Gasteiger partial charge in [-0.1, -0.05) is 34.6 Å². The van der Waals surface area contributed by atoms with Crippen LogP contribution in [-0.4, -0.2) is 23.6 Å². The lowest BCUT2D eigenvalue weighted by molar-refractivity contribution is 0.269. The lowest BCUT2D eigenvalue weighted by atomic mass is 9.81. The van der Waals surface area contributed by atoms with Gasteiger partial charge in [0.25, 0.3) is 0 Å². The van der Waals surface area contributed by atoms with E-state index in [1.807, 2.05) is 7.05 Å². The molecule has 0 aliphatic heterocycles. The van der Waals surface area contributed by atoms with Gasteiger partial charge in [0.15, 0.2) is 0 Å². The van der Waals surface area contributed by atoms with E-state index in [4.69, 9.17) is 0 Å². The number of nitrogens with one attached hydrogen (secondary N) is 2. The van der Waals surface area contributed by atoms with Crippen molar-refractivity contribution >= 4 is 11.6 Å². The first-order valence-electron chi connectivity index (χ1n) is 7.61. The fourth-order valence-electron chi connectivity index (χ4n) is 1.83. The molecule has 1 heterocycles. The molecular formula is C16H30N4. The highest BCUT2D eigenvalue weighted by molar-refractivity contribution is 5.57. The minimum atomic E-state index is 0.238. The molecule has 0 unspecified atom stereocenters. The number of aromatic nitrogens is 2. The predicted molar refractivity (Wildman–Crippen MR) is 87.4 cm³/mol. The van der Waals surface area contributed by atoms with E-state index in [1.54, 1.807) is 0 Å². The summed E-state index contributed by atoms with van der Waals surface area (Å²) in [6.07, 6.45) is 1.97. The third-order valence-electron chi connectivity index (χ3n) is 4.18. The molecule has 4 heteroatoms. The first-order chi connectivity index (χ1) is 9.31. The smallest absolute Gasteiger partial charge is 0.134 e. The van der Waals surface area contributed by atoms with E-state index in [-0.39, 0.29) is 5.41 Å². The summed E-state index contributed by atoms with van der Waals surface area (Å²) in [5.74, 6) is 3.41. The van der Waals surface area contributed by atoms with Gasteiger partial charge >= 0.3 is 0 Å². The van der Waals surface area contributed by atoms with E-state index >= 15 is 0 Å². The summed E-state index contributed by atoms with van der Waals surface area (Å²) in [6.45, 7) is 14.2. The average Bonchev–Trinajstić information content (AvgIpc) is 2.39. The van der Waals surface area contributed by atoms with Crippen LogP contribution in [-0.2, 0) is 6.42 Å². The lowest BCUT2D eigenvalue weighted by Gasteiger charge is -2.30. The maximum atomic E-state index is 4.67. The molecule has 0 aliphatic carbocycles. The van der Waals surface area contributed by atoms with E-state index in [1.165, 1.54) is 0 Å². The highest BCUT2D eigenvalue weighted by Gasteiger charge is 2.22. The zero-order valence-electron chi connectivity index (χ0n) is 14.1. The fraction of sp³-hybridized carbons (Fsp3) is 0.750. The minimum absolute atomic E-state index is 0.238. The van der Waals surface area contributed by atoms with Crippen LogP contribution in [0.3, 0.4) is 0 Å². The highest BCUT2D eigenvalue weighted by atomic mass is 15.1. The van der Waals surface area contributed by atoms with Gasteiger partial charge in [0.1, 0.15) is 17.5 Å². The van der Waals surface area contributed by atoms with E-state index in [2.05, 4.69) is 62.1 Å². The molecule has 1 rings (SSSR count). The van der Waals surface area contributed by atoms with Gasteiger partial charge in [0.05, 0.1) is 0 Å². The molecule has 0 bridgehead atoms. The number of hydrogen-bond acceptors (Lipinski definition) is 4. The van der Waals surface area contributed by atoms with E-state index in [9.17, 15) is 0 Å². The number of anilines is 2. The molecule has 4 nitrogen and oxygen atoms in total. The van der Waals surface area contributed by atoms with Crippen molar-refractivity contribution in [2.24, 2.45) is 11.3 Å². The Kier molecular flexibility index (Phi) is 5.78. The monoisotopic (exact) mass is 278 g/mol. The van der Waals surface area contributed by atoms with Crippen LogP contribution in [0.5, 0.6) is 0 Å². The van der Waals surface area contributed by atoms with Crippen molar-refractivity contribution in [1.29, 1.82) is 0 Å². The maximum absolute atomic E-state index is 4.67. The molecule has 20 heavy (non-hydrogen) atoms. The standard InChI is InChI=1S/C16H30N4/c1-8-9-13-19-14(17-7)12(4)15(20-13)18-10-16(5,6)11(2)3/h11H,8-10H2,1-7H3,(H2,17,18,19,20). The van der Waals surface area contributed by atoms with Gasteiger partial charge < -0.3 is 10.6 Å². The van der Waals surface area contributed by atoms with Crippen LogP contribution < -0.4 is 10.6 Å². The van der Waals surface area contributed by atoms with Crippen molar-refractivity contribution < 1.29 is 0 Å². The molecule has 0 radical (unpaired) electrons. The Morgan fingerprint density at radius 3 is 2.25 bits per heavy atom. The second-order valence-corrected chi connectivity index (χ2v) is 6.46. The Balaban J connectivity index is 2.96. The summed E-state index contributed by atoms with van der Waals surface area (Å²) >= 11 is 0. The van der Waals surface area contributed by atoms with Gasteiger partial charge in [-0.15, -0.1) is 0 Å². The first-order valence-corrected chi connectivity index (χ1v) is 7.61. The Labute approximate surface area is 123 Å². The van der Waals surface area contributed by atoms with Crippen molar-refractivity contribution in [1.82, 2.24) is 9.97 Å². The number of aryl methyl sites for hydroxylation is 1. The van der Waals surface area contributed by atoms with Crippen LogP contribution in [0.1, 0.15) is 52.4 Å². The molecule has 0 amide bonds. The van der Waals surface area contributed by atoms with Crippen LogP contribution in [0.25, 0.3) is 0 Å². The summed E-state index contributed by atoms with van der Waals surface area (Å²) in [7, 11) is 1.91. The predicted octanol–water partition coefficient (Wildman–Crippen LogP) is 3.87. The van der Waals surface area contributed by atoms with Gasteiger partial charge in [-0.25, -0.2) is 9.97 Å². The van der Waals surface area contributed by atoms with Gasteiger partial charge in [-0.3, -0.25) is 0 Å². The van der Waals surface area contributed by atoms with Gasteiger partial charge in [0, 0.05) is 25.6 Å². The molecule has 0 atom stereocenters. The third-order valence-corrected chi connectivity index (χ3v) is 4.18. The van der Waals surface area contributed by atoms with Crippen LogP contribution in [0, 0.1) is 18.3 Å². The zero-order valence-corrected chi connectivity index (χ0v) is 14.1.